The molecular weight excluding hydrogens is 298 g/mol. The summed E-state index contributed by atoms with van der Waals surface area (Å²) in [4.78, 5) is 15.4. The molecule has 0 radical (unpaired) electrons. The first kappa shape index (κ1) is 13.1. The van der Waals surface area contributed by atoms with Gasteiger partial charge >= 0.3 is 0 Å². The van der Waals surface area contributed by atoms with E-state index in [-0.39, 0.29) is 5.91 Å². The Hall–Kier alpha value is -2.54. The van der Waals surface area contributed by atoms with Gasteiger partial charge < -0.3 is 4.90 Å². The lowest BCUT2D eigenvalue weighted by Crippen LogP contribution is -2.35. The summed E-state index contributed by atoms with van der Waals surface area (Å²) < 4.78 is 1.53. The molecule has 2 aromatic heterocycles. The van der Waals surface area contributed by atoms with Crippen molar-refractivity contribution >= 4 is 17.2 Å². The van der Waals surface area contributed by atoms with Crippen LogP contribution in [0.1, 0.15) is 20.8 Å². The second-order valence-electron chi connectivity index (χ2n) is 5.13. The first-order chi connectivity index (χ1) is 10.8. The maximum Gasteiger partial charge on any atom is 0.266 e. The van der Waals surface area contributed by atoms with Crippen molar-refractivity contribution in [2.24, 2.45) is 0 Å². The molecule has 4 rings (SSSR count). The minimum atomic E-state index is 0.0370. The molecule has 22 heavy (non-hydrogen) atoms. The lowest BCUT2D eigenvalue weighted by Gasteiger charge is -2.28. The molecular formula is C15H13N5OS. The van der Waals surface area contributed by atoms with Gasteiger partial charge in [0.25, 0.3) is 5.91 Å². The van der Waals surface area contributed by atoms with Crippen molar-refractivity contribution in [3.05, 3.63) is 58.0 Å². The molecule has 0 aliphatic carbocycles. The summed E-state index contributed by atoms with van der Waals surface area (Å²) in [6, 6.07) is 10.2. The van der Waals surface area contributed by atoms with Gasteiger partial charge in [0.2, 0.25) is 0 Å². The van der Waals surface area contributed by atoms with Gasteiger partial charge in [-0.3, -0.25) is 4.79 Å². The van der Waals surface area contributed by atoms with Crippen molar-refractivity contribution in [1.82, 2.24) is 25.1 Å². The SMILES string of the molecule is O=C(c1sccc1-n1cnnn1)N1CCc2ccccc2C1. The zero-order valence-corrected chi connectivity index (χ0v) is 12.5. The first-order valence-electron chi connectivity index (χ1n) is 7.00. The predicted octanol–water partition coefficient (Wildman–Crippen LogP) is 1.92. The Labute approximate surface area is 131 Å². The molecule has 0 spiro atoms. The lowest BCUT2D eigenvalue weighted by atomic mass is 10.00. The number of tetrazole rings is 1. The second kappa shape index (κ2) is 5.34. The maximum atomic E-state index is 12.8. The number of nitrogens with zero attached hydrogens (tertiary/aromatic N) is 5. The number of thiophene rings is 1. The zero-order valence-electron chi connectivity index (χ0n) is 11.7. The molecule has 1 aliphatic rings. The van der Waals surface area contributed by atoms with E-state index in [1.54, 1.807) is 0 Å². The molecule has 1 aromatic carbocycles. The summed E-state index contributed by atoms with van der Waals surface area (Å²) in [5.74, 6) is 0.0370. The van der Waals surface area contributed by atoms with Crippen LogP contribution in [0.2, 0.25) is 0 Å². The molecule has 0 bridgehead atoms. The first-order valence-corrected chi connectivity index (χ1v) is 7.88. The number of hydrogen-bond donors (Lipinski definition) is 0. The smallest absolute Gasteiger partial charge is 0.266 e. The number of carbonyl (C=O) groups excluding carboxylic acids is 1. The fraction of sp³-hybridized carbons (Fsp3) is 0.200. The quantitative estimate of drug-likeness (QED) is 0.725. The molecule has 0 atom stereocenters. The fourth-order valence-corrected chi connectivity index (χ4v) is 3.57. The van der Waals surface area contributed by atoms with Crippen LogP contribution in [0.3, 0.4) is 0 Å². The summed E-state index contributed by atoms with van der Waals surface area (Å²) in [7, 11) is 0. The van der Waals surface area contributed by atoms with E-state index >= 15 is 0 Å². The Morgan fingerprint density at radius 1 is 1.18 bits per heavy atom. The number of carbonyl (C=O) groups is 1. The number of amides is 1. The Morgan fingerprint density at radius 3 is 2.86 bits per heavy atom. The van der Waals surface area contributed by atoms with E-state index in [9.17, 15) is 4.79 Å². The van der Waals surface area contributed by atoms with Gasteiger partial charge in [-0.05, 0) is 39.4 Å². The van der Waals surface area contributed by atoms with Crippen LogP contribution in [0.5, 0.6) is 0 Å². The average molecular weight is 311 g/mol. The molecule has 0 saturated heterocycles. The second-order valence-corrected chi connectivity index (χ2v) is 6.05. The van der Waals surface area contributed by atoms with E-state index in [4.69, 9.17) is 0 Å². The highest BCUT2D eigenvalue weighted by atomic mass is 32.1. The number of hydrogen-bond acceptors (Lipinski definition) is 5. The van der Waals surface area contributed by atoms with Crippen molar-refractivity contribution in [2.75, 3.05) is 6.54 Å². The average Bonchev–Trinajstić information content (AvgIpc) is 3.24. The third-order valence-corrected chi connectivity index (χ3v) is 4.74. The molecule has 6 nitrogen and oxygen atoms in total. The highest BCUT2D eigenvalue weighted by Crippen LogP contribution is 2.25. The van der Waals surface area contributed by atoms with Crippen molar-refractivity contribution in [3.8, 4) is 5.69 Å². The number of rotatable bonds is 2. The molecule has 110 valence electrons. The van der Waals surface area contributed by atoms with Crippen LogP contribution < -0.4 is 0 Å². The molecule has 7 heteroatoms. The summed E-state index contributed by atoms with van der Waals surface area (Å²) in [6.07, 6.45) is 2.40. The van der Waals surface area contributed by atoms with Gasteiger partial charge in [-0.2, -0.15) is 4.68 Å². The molecule has 1 aliphatic heterocycles. The monoisotopic (exact) mass is 311 g/mol. The van der Waals surface area contributed by atoms with Gasteiger partial charge in [-0.1, -0.05) is 24.3 Å². The Morgan fingerprint density at radius 2 is 2.05 bits per heavy atom. The van der Waals surface area contributed by atoms with E-state index < -0.39 is 0 Å². The van der Waals surface area contributed by atoms with Crippen molar-refractivity contribution in [2.45, 2.75) is 13.0 Å². The highest BCUT2D eigenvalue weighted by Gasteiger charge is 2.25. The lowest BCUT2D eigenvalue weighted by molar-refractivity contribution is 0.0739. The molecule has 3 heterocycles. The topological polar surface area (TPSA) is 63.9 Å². The van der Waals surface area contributed by atoms with Crippen LogP contribution in [-0.4, -0.2) is 37.6 Å². The van der Waals surface area contributed by atoms with Crippen LogP contribution in [-0.2, 0) is 13.0 Å². The Kier molecular flexibility index (Phi) is 3.19. The number of aromatic nitrogens is 4. The largest absolute Gasteiger partial charge is 0.333 e. The van der Waals surface area contributed by atoms with E-state index in [0.29, 0.717) is 11.4 Å². The zero-order chi connectivity index (χ0) is 14.9. The van der Waals surface area contributed by atoms with Crippen LogP contribution >= 0.6 is 11.3 Å². The van der Waals surface area contributed by atoms with Gasteiger partial charge in [0, 0.05) is 13.1 Å². The fourth-order valence-electron chi connectivity index (χ4n) is 2.73. The van der Waals surface area contributed by atoms with Gasteiger partial charge in [0.1, 0.15) is 11.2 Å². The summed E-state index contributed by atoms with van der Waals surface area (Å²) in [5.41, 5.74) is 3.29. The van der Waals surface area contributed by atoms with Crippen molar-refractivity contribution < 1.29 is 4.79 Å². The third kappa shape index (κ3) is 2.19. The van der Waals surface area contributed by atoms with Crippen LogP contribution in [0.4, 0.5) is 0 Å². The summed E-state index contributed by atoms with van der Waals surface area (Å²) in [6.45, 7) is 1.39. The van der Waals surface area contributed by atoms with Gasteiger partial charge in [0.15, 0.2) is 0 Å². The van der Waals surface area contributed by atoms with Crippen LogP contribution in [0, 0.1) is 0 Å². The minimum Gasteiger partial charge on any atom is -0.333 e. The van der Waals surface area contributed by atoms with Gasteiger partial charge in [0.05, 0.1) is 5.69 Å². The summed E-state index contributed by atoms with van der Waals surface area (Å²) >= 11 is 1.42. The van der Waals surface area contributed by atoms with Gasteiger partial charge in [-0.15, -0.1) is 16.4 Å². The maximum absolute atomic E-state index is 12.8. The Bertz CT molecular complexity index is 811. The molecule has 3 aromatic rings. The minimum absolute atomic E-state index is 0.0370. The van der Waals surface area contributed by atoms with Crippen molar-refractivity contribution in [1.29, 1.82) is 0 Å². The normalized spacial score (nSPS) is 13.9. The van der Waals surface area contributed by atoms with Gasteiger partial charge in [-0.25, -0.2) is 0 Å². The Balaban J connectivity index is 1.63. The number of fused-ring (bicyclic) bond motifs is 1. The van der Waals surface area contributed by atoms with E-state index in [1.807, 2.05) is 28.5 Å². The number of benzene rings is 1. The molecule has 1 amide bonds. The molecule has 0 fully saturated rings. The van der Waals surface area contributed by atoms with Crippen LogP contribution in [0.25, 0.3) is 5.69 Å². The summed E-state index contributed by atoms with van der Waals surface area (Å²) in [5, 5.41) is 13.0. The molecule has 0 saturated carbocycles. The standard InChI is InChI=1S/C15H13N5OS/c21-15(14-13(6-8-22-14)20-10-16-17-18-20)19-7-5-11-3-1-2-4-12(11)9-19/h1-4,6,8,10H,5,7,9H2. The van der Waals surface area contributed by atoms with E-state index in [0.717, 1.165) is 18.7 Å². The predicted molar refractivity (Wildman–Crippen MR) is 81.9 cm³/mol. The van der Waals surface area contributed by atoms with Crippen LogP contribution in [0.15, 0.2) is 42.0 Å². The highest BCUT2D eigenvalue weighted by molar-refractivity contribution is 7.12. The van der Waals surface area contributed by atoms with E-state index in [2.05, 4.69) is 27.7 Å². The van der Waals surface area contributed by atoms with Crippen molar-refractivity contribution in [3.63, 3.8) is 0 Å². The van der Waals surface area contributed by atoms with E-state index in [1.165, 1.54) is 33.5 Å². The third-order valence-electron chi connectivity index (χ3n) is 3.85. The molecule has 0 N–H and O–H groups in total. The molecule has 0 unspecified atom stereocenters.